The molecule has 1 fully saturated rings. The summed E-state index contributed by atoms with van der Waals surface area (Å²) in [6.45, 7) is 6.71. The molecule has 0 saturated carbocycles. The molecule has 2 heterocycles. The number of amides is 1. The first-order valence-corrected chi connectivity index (χ1v) is 10.9. The Bertz CT molecular complexity index is 878. The highest BCUT2D eigenvalue weighted by Gasteiger charge is 2.39. The summed E-state index contributed by atoms with van der Waals surface area (Å²) in [7, 11) is 0. The Morgan fingerprint density at radius 2 is 2.23 bits per heavy atom. The molecule has 2 aromatic rings. The van der Waals surface area contributed by atoms with Gasteiger partial charge in [-0.05, 0) is 31.7 Å². The van der Waals surface area contributed by atoms with Gasteiger partial charge in [0.05, 0.1) is 17.8 Å². The third kappa shape index (κ3) is 5.09. The molecule has 1 aromatic carbocycles. The first-order valence-electron chi connectivity index (χ1n) is 9.98. The molecule has 1 aliphatic heterocycles. The van der Waals surface area contributed by atoms with Crippen molar-refractivity contribution < 1.29 is 17.4 Å². The third-order valence-corrected chi connectivity index (χ3v) is 5.90. The Morgan fingerprint density at radius 1 is 1.47 bits per heavy atom. The highest BCUT2D eigenvalue weighted by molar-refractivity contribution is 14.1. The van der Waals surface area contributed by atoms with E-state index in [0.717, 1.165) is 12.1 Å². The average molecular weight is 531 g/mol. The predicted molar refractivity (Wildman–Crippen MR) is 117 cm³/mol. The van der Waals surface area contributed by atoms with Gasteiger partial charge in [0, 0.05) is 30.9 Å². The van der Waals surface area contributed by atoms with Crippen molar-refractivity contribution in [3.8, 4) is 5.75 Å². The molecule has 164 valence electrons. The second-order valence-electron chi connectivity index (χ2n) is 7.93. The van der Waals surface area contributed by atoms with Crippen molar-refractivity contribution in [2.24, 2.45) is 5.92 Å². The van der Waals surface area contributed by atoms with E-state index in [1.165, 1.54) is 12.1 Å². The maximum Gasteiger partial charge on any atom is 0.237 e. The summed E-state index contributed by atoms with van der Waals surface area (Å²) in [6.07, 6.45) is 2.40. The summed E-state index contributed by atoms with van der Waals surface area (Å²) in [4.78, 5) is 14.7. The quantitative estimate of drug-likeness (QED) is 0.510. The van der Waals surface area contributed by atoms with E-state index in [0.29, 0.717) is 24.3 Å². The Balaban J connectivity index is 1.70. The molecule has 3 rings (SSSR count). The number of likely N-dealkylation sites (tertiary alicyclic amines) is 1. The monoisotopic (exact) mass is 531 g/mol. The zero-order valence-corrected chi connectivity index (χ0v) is 19.4. The van der Waals surface area contributed by atoms with E-state index in [9.17, 15) is 14.3 Å². The molecular weight excluding hydrogens is 504 g/mol. The Morgan fingerprint density at radius 3 is 2.87 bits per heavy atom. The first kappa shape index (κ1) is 22.9. The fraction of sp³-hybridized carbons (Fsp3) is 0.550. The number of halogens is 2. The van der Waals surface area contributed by atoms with Crippen LogP contribution in [0.5, 0.6) is 5.75 Å². The number of aliphatic hydroxyl groups excluding tert-OH is 1. The lowest BCUT2D eigenvalue weighted by molar-refractivity contribution is -0.132. The number of nitrogens with zero attached hydrogens (tertiary/aromatic N) is 4. The van der Waals surface area contributed by atoms with E-state index >= 15 is 0 Å². The van der Waals surface area contributed by atoms with E-state index in [-0.39, 0.29) is 24.4 Å². The first-order chi connectivity index (χ1) is 14.3. The molecule has 8 nitrogen and oxygen atoms in total. The van der Waals surface area contributed by atoms with Gasteiger partial charge in [0.25, 0.3) is 0 Å². The van der Waals surface area contributed by atoms with Gasteiger partial charge < -0.3 is 13.5 Å². The molecule has 0 aliphatic carbocycles. The molecule has 0 spiro atoms. The van der Waals surface area contributed by atoms with Gasteiger partial charge in [-0.1, -0.05) is 25.1 Å². The number of nitrogens with one attached hydrogen (secondary N) is 1. The highest BCUT2D eigenvalue weighted by atomic mass is 127. The SMILES string of the molecule is Cc1cn([C@@H](C(C)C)C(O)N2CCC[C@H]2C(=O)NCc2ccc(F)cc2OI)nn1. The molecule has 1 unspecified atom stereocenters. The summed E-state index contributed by atoms with van der Waals surface area (Å²) in [5.74, 6) is -0.105. The fourth-order valence-electron chi connectivity index (χ4n) is 3.93. The average Bonchev–Trinajstić information content (AvgIpc) is 3.35. The number of hydrogen-bond donors (Lipinski definition) is 2. The Kier molecular flexibility index (Phi) is 7.64. The van der Waals surface area contributed by atoms with Crippen LogP contribution in [-0.2, 0) is 11.3 Å². The molecule has 1 aliphatic rings. The lowest BCUT2D eigenvalue weighted by Crippen LogP contribution is -2.51. The molecule has 1 amide bonds. The number of rotatable bonds is 8. The van der Waals surface area contributed by atoms with Gasteiger partial charge in [0.2, 0.25) is 5.91 Å². The van der Waals surface area contributed by atoms with Gasteiger partial charge in [-0.15, -0.1) is 5.10 Å². The smallest absolute Gasteiger partial charge is 0.237 e. The maximum absolute atomic E-state index is 13.4. The largest absolute Gasteiger partial charge is 0.427 e. The summed E-state index contributed by atoms with van der Waals surface area (Å²) in [5, 5.41) is 22.2. The van der Waals surface area contributed by atoms with Crippen molar-refractivity contribution in [3.05, 3.63) is 41.5 Å². The lowest BCUT2D eigenvalue weighted by atomic mass is 10.0. The Hall–Kier alpha value is -1.79. The van der Waals surface area contributed by atoms with E-state index < -0.39 is 18.1 Å². The van der Waals surface area contributed by atoms with Gasteiger partial charge in [-0.2, -0.15) is 0 Å². The van der Waals surface area contributed by atoms with Crippen LogP contribution in [0.3, 0.4) is 0 Å². The number of hydrogen-bond acceptors (Lipinski definition) is 6. The zero-order chi connectivity index (χ0) is 21.8. The minimum absolute atomic E-state index is 0.0907. The van der Waals surface area contributed by atoms with Crippen LogP contribution in [0.4, 0.5) is 4.39 Å². The number of carbonyl (C=O) groups excluding carboxylic acids is 1. The van der Waals surface area contributed by atoms with Crippen LogP contribution in [-0.4, -0.2) is 49.7 Å². The maximum atomic E-state index is 13.4. The standard InChI is InChI=1S/C20H27FIN5O3/c1-12(2)18(27-11-13(3)24-25-27)20(29)26-8-4-5-16(26)19(28)23-10-14-6-7-15(21)9-17(14)30-22/h6-7,9,11-12,16,18,20,29H,4-5,8,10H2,1-3H3,(H,23,28)/t16-,18-,20?/m0/s1. The molecule has 0 bridgehead atoms. The summed E-state index contributed by atoms with van der Waals surface area (Å²) in [6, 6.07) is 3.44. The molecular formula is C20H27FIN5O3. The van der Waals surface area contributed by atoms with Crippen molar-refractivity contribution in [2.45, 2.75) is 58.5 Å². The van der Waals surface area contributed by atoms with Crippen LogP contribution in [0, 0.1) is 18.7 Å². The van der Waals surface area contributed by atoms with Crippen molar-refractivity contribution in [1.29, 1.82) is 0 Å². The van der Waals surface area contributed by atoms with Crippen LogP contribution >= 0.6 is 23.0 Å². The topological polar surface area (TPSA) is 92.5 Å². The molecule has 2 N–H and O–H groups in total. The Labute approximate surface area is 189 Å². The zero-order valence-electron chi connectivity index (χ0n) is 17.3. The summed E-state index contributed by atoms with van der Waals surface area (Å²) < 4.78 is 20.2. The van der Waals surface area contributed by atoms with Crippen molar-refractivity contribution in [3.63, 3.8) is 0 Å². The second-order valence-corrected chi connectivity index (χ2v) is 8.37. The van der Waals surface area contributed by atoms with Crippen LogP contribution in [0.25, 0.3) is 0 Å². The minimum Gasteiger partial charge on any atom is -0.427 e. The highest BCUT2D eigenvalue weighted by Crippen LogP contribution is 2.29. The normalized spacial score (nSPS) is 19.1. The molecule has 3 atom stereocenters. The van der Waals surface area contributed by atoms with Crippen LogP contribution in [0.15, 0.2) is 24.4 Å². The number of aryl methyl sites for hydroxylation is 1. The van der Waals surface area contributed by atoms with Gasteiger partial charge in [0.1, 0.15) is 17.8 Å². The van der Waals surface area contributed by atoms with Crippen molar-refractivity contribution >= 4 is 28.9 Å². The van der Waals surface area contributed by atoms with Crippen LogP contribution in [0.2, 0.25) is 0 Å². The molecule has 10 heteroatoms. The molecule has 1 saturated heterocycles. The second kappa shape index (κ2) is 10.0. The van der Waals surface area contributed by atoms with Gasteiger partial charge in [-0.3, -0.25) is 9.69 Å². The van der Waals surface area contributed by atoms with E-state index in [4.69, 9.17) is 3.07 Å². The van der Waals surface area contributed by atoms with Crippen molar-refractivity contribution in [1.82, 2.24) is 25.2 Å². The predicted octanol–water partition coefficient (Wildman–Crippen LogP) is 2.75. The summed E-state index contributed by atoms with van der Waals surface area (Å²) in [5.41, 5.74) is 1.46. The van der Waals surface area contributed by atoms with E-state index in [1.54, 1.807) is 40.0 Å². The number of benzene rings is 1. The van der Waals surface area contributed by atoms with E-state index in [2.05, 4.69) is 15.6 Å². The van der Waals surface area contributed by atoms with Gasteiger partial charge >= 0.3 is 0 Å². The number of aromatic nitrogens is 3. The lowest BCUT2D eigenvalue weighted by Gasteiger charge is -2.35. The molecule has 0 radical (unpaired) electrons. The molecule has 30 heavy (non-hydrogen) atoms. The van der Waals surface area contributed by atoms with Crippen LogP contribution < -0.4 is 8.38 Å². The number of aliphatic hydroxyl groups is 1. The third-order valence-electron chi connectivity index (χ3n) is 5.42. The number of carbonyl (C=O) groups is 1. The summed E-state index contributed by atoms with van der Waals surface area (Å²) >= 11 is 1.69. The minimum atomic E-state index is -0.872. The fourth-order valence-corrected chi connectivity index (χ4v) is 4.34. The molecule has 1 aromatic heterocycles. The van der Waals surface area contributed by atoms with Crippen LogP contribution in [0.1, 0.15) is 44.0 Å². The van der Waals surface area contributed by atoms with E-state index in [1.807, 2.05) is 25.7 Å². The van der Waals surface area contributed by atoms with Gasteiger partial charge in [-0.25, -0.2) is 9.07 Å². The van der Waals surface area contributed by atoms with Crippen molar-refractivity contribution in [2.75, 3.05) is 6.54 Å². The van der Waals surface area contributed by atoms with Gasteiger partial charge in [0.15, 0.2) is 23.0 Å².